The van der Waals surface area contributed by atoms with E-state index in [0.717, 1.165) is 22.9 Å². The fourth-order valence-electron chi connectivity index (χ4n) is 1.91. The number of aromatic nitrogens is 1. The van der Waals surface area contributed by atoms with Gasteiger partial charge in [-0.15, -0.1) is 0 Å². The van der Waals surface area contributed by atoms with Crippen LogP contribution >= 0.6 is 0 Å². The third-order valence-corrected chi connectivity index (χ3v) is 3.17. The van der Waals surface area contributed by atoms with Crippen LogP contribution < -0.4 is 5.73 Å². The Labute approximate surface area is 94.3 Å². The largest absolute Gasteiger partial charge is 0.440 e. The Kier molecular flexibility index (Phi) is 2.17. The molecule has 16 heavy (non-hydrogen) atoms. The predicted octanol–water partition coefficient (Wildman–Crippen LogP) is 3.19. The van der Waals surface area contributed by atoms with Crippen LogP contribution in [0.2, 0.25) is 0 Å². The smallest absolute Gasteiger partial charge is 0.198 e. The minimum absolute atomic E-state index is 0.544. The van der Waals surface area contributed by atoms with Crippen molar-refractivity contribution in [2.24, 2.45) is 0 Å². The summed E-state index contributed by atoms with van der Waals surface area (Å²) >= 11 is 0. The molecule has 1 saturated carbocycles. The van der Waals surface area contributed by atoms with E-state index in [1.165, 1.54) is 19.3 Å². The Hall–Kier alpha value is -1.77. The number of anilines is 1. The van der Waals surface area contributed by atoms with Gasteiger partial charge in [0, 0.05) is 17.2 Å². The van der Waals surface area contributed by atoms with Crippen molar-refractivity contribution >= 4 is 5.69 Å². The normalized spacial score (nSPS) is 16.0. The third kappa shape index (κ3) is 1.58. The van der Waals surface area contributed by atoms with E-state index < -0.39 is 0 Å². The Balaban J connectivity index is 1.88. The van der Waals surface area contributed by atoms with Gasteiger partial charge in [-0.2, -0.15) is 0 Å². The van der Waals surface area contributed by atoms with E-state index in [1.807, 2.05) is 24.3 Å². The fraction of sp³-hybridized carbons (Fsp3) is 0.308. The van der Waals surface area contributed by atoms with Crippen LogP contribution in [-0.2, 0) is 0 Å². The van der Waals surface area contributed by atoms with Crippen molar-refractivity contribution in [3.8, 4) is 11.3 Å². The van der Waals surface area contributed by atoms with Crippen molar-refractivity contribution in [1.82, 2.24) is 4.98 Å². The molecule has 0 unspecified atom stereocenters. The highest BCUT2D eigenvalue weighted by Crippen LogP contribution is 2.37. The van der Waals surface area contributed by atoms with Crippen LogP contribution in [0.1, 0.15) is 31.1 Å². The Bertz CT molecular complexity index is 483. The lowest BCUT2D eigenvalue weighted by atomic mass is 9.85. The number of oxazole rings is 1. The van der Waals surface area contributed by atoms with Crippen molar-refractivity contribution in [3.05, 3.63) is 36.4 Å². The molecule has 0 saturated heterocycles. The topological polar surface area (TPSA) is 52.0 Å². The summed E-state index contributed by atoms with van der Waals surface area (Å²) in [5.41, 5.74) is 7.44. The summed E-state index contributed by atoms with van der Waals surface area (Å²) in [5.74, 6) is 2.27. The van der Waals surface area contributed by atoms with Crippen LogP contribution in [0.3, 0.4) is 0 Å². The van der Waals surface area contributed by atoms with Gasteiger partial charge in [-0.3, -0.25) is 0 Å². The molecule has 3 rings (SSSR count). The molecule has 0 aliphatic heterocycles. The Morgan fingerprint density at radius 2 is 1.94 bits per heavy atom. The van der Waals surface area contributed by atoms with Crippen molar-refractivity contribution < 1.29 is 4.42 Å². The van der Waals surface area contributed by atoms with Gasteiger partial charge in [0.25, 0.3) is 0 Å². The van der Waals surface area contributed by atoms with Crippen LogP contribution in [0.25, 0.3) is 11.3 Å². The summed E-state index contributed by atoms with van der Waals surface area (Å²) in [6.45, 7) is 0. The van der Waals surface area contributed by atoms with E-state index in [1.54, 1.807) is 6.20 Å². The molecule has 3 nitrogen and oxygen atoms in total. The zero-order valence-electron chi connectivity index (χ0n) is 9.02. The molecule has 0 bridgehead atoms. The molecule has 1 aromatic carbocycles. The van der Waals surface area contributed by atoms with Crippen LogP contribution in [-0.4, -0.2) is 4.98 Å². The number of rotatable bonds is 2. The van der Waals surface area contributed by atoms with E-state index in [9.17, 15) is 0 Å². The number of nitrogen functional groups attached to an aromatic ring is 1. The second kappa shape index (κ2) is 3.67. The minimum atomic E-state index is 0.544. The third-order valence-electron chi connectivity index (χ3n) is 3.17. The van der Waals surface area contributed by atoms with Gasteiger partial charge in [-0.1, -0.05) is 6.42 Å². The van der Waals surface area contributed by atoms with E-state index in [4.69, 9.17) is 10.2 Å². The molecule has 3 heteroatoms. The molecule has 1 aliphatic rings. The van der Waals surface area contributed by atoms with Crippen molar-refractivity contribution in [3.63, 3.8) is 0 Å². The summed E-state index contributed by atoms with van der Waals surface area (Å²) in [5, 5.41) is 0. The van der Waals surface area contributed by atoms with Crippen LogP contribution in [0.4, 0.5) is 5.69 Å². The van der Waals surface area contributed by atoms with Gasteiger partial charge in [0.15, 0.2) is 11.7 Å². The maximum absolute atomic E-state index is 5.76. The lowest BCUT2D eigenvalue weighted by molar-refractivity contribution is 0.338. The predicted molar refractivity (Wildman–Crippen MR) is 62.9 cm³/mol. The maximum atomic E-state index is 5.76. The van der Waals surface area contributed by atoms with E-state index in [0.29, 0.717) is 5.92 Å². The van der Waals surface area contributed by atoms with Gasteiger partial charge in [0.05, 0.1) is 6.20 Å². The molecule has 82 valence electrons. The van der Waals surface area contributed by atoms with Gasteiger partial charge in [-0.05, 0) is 37.1 Å². The Morgan fingerprint density at radius 3 is 2.56 bits per heavy atom. The zero-order valence-corrected chi connectivity index (χ0v) is 9.02. The van der Waals surface area contributed by atoms with Gasteiger partial charge in [-0.25, -0.2) is 4.98 Å². The zero-order chi connectivity index (χ0) is 11.0. The fourth-order valence-corrected chi connectivity index (χ4v) is 1.91. The van der Waals surface area contributed by atoms with Crippen LogP contribution in [0.15, 0.2) is 34.9 Å². The molecule has 2 aromatic rings. The average molecular weight is 214 g/mol. The number of hydrogen-bond acceptors (Lipinski definition) is 3. The summed E-state index contributed by atoms with van der Waals surface area (Å²) < 4.78 is 5.76. The molecule has 0 amide bonds. The number of hydrogen-bond donors (Lipinski definition) is 1. The molecule has 1 aromatic heterocycles. The first-order valence-electron chi connectivity index (χ1n) is 5.64. The second-order valence-electron chi connectivity index (χ2n) is 4.31. The highest BCUT2D eigenvalue weighted by atomic mass is 16.4. The van der Waals surface area contributed by atoms with Crippen LogP contribution in [0.5, 0.6) is 0 Å². The second-order valence-corrected chi connectivity index (χ2v) is 4.31. The lowest BCUT2D eigenvalue weighted by Crippen LogP contribution is -2.08. The summed E-state index contributed by atoms with van der Waals surface area (Å²) in [6, 6.07) is 7.67. The van der Waals surface area contributed by atoms with Gasteiger partial charge < -0.3 is 10.2 Å². The molecule has 2 N–H and O–H groups in total. The average Bonchev–Trinajstić information content (AvgIpc) is 2.65. The van der Waals surface area contributed by atoms with Crippen molar-refractivity contribution in [2.45, 2.75) is 25.2 Å². The van der Waals surface area contributed by atoms with E-state index >= 15 is 0 Å². The SMILES string of the molecule is Nc1ccc(-c2cnc(C3CCC3)o2)cc1. The molecule has 0 spiro atoms. The van der Waals surface area contributed by atoms with E-state index in [2.05, 4.69) is 4.98 Å². The molecule has 0 atom stereocenters. The summed E-state index contributed by atoms with van der Waals surface area (Å²) in [6.07, 6.45) is 5.52. The van der Waals surface area contributed by atoms with Gasteiger partial charge in [0.1, 0.15) is 0 Å². The number of benzene rings is 1. The molecule has 0 radical (unpaired) electrons. The van der Waals surface area contributed by atoms with Gasteiger partial charge in [0.2, 0.25) is 0 Å². The standard InChI is InChI=1S/C13H14N2O/c14-11-6-4-9(5-7-11)12-8-15-13(16-12)10-2-1-3-10/h4-8,10H,1-3,14H2. The first kappa shape index (κ1) is 9.46. The number of nitrogens with zero attached hydrogens (tertiary/aromatic N) is 1. The van der Waals surface area contributed by atoms with E-state index in [-0.39, 0.29) is 0 Å². The van der Waals surface area contributed by atoms with Crippen molar-refractivity contribution in [2.75, 3.05) is 5.73 Å². The highest BCUT2D eigenvalue weighted by Gasteiger charge is 2.24. The van der Waals surface area contributed by atoms with Crippen molar-refractivity contribution in [1.29, 1.82) is 0 Å². The first-order valence-corrected chi connectivity index (χ1v) is 5.64. The molecule has 1 heterocycles. The maximum Gasteiger partial charge on any atom is 0.198 e. The number of nitrogens with two attached hydrogens (primary N) is 1. The monoisotopic (exact) mass is 214 g/mol. The summed E-state index contributed by atoms with van der Waals surface area (Å²) in [7, 11) is 0. The minimum Gasteiger partial charge on any atom is -0.440 e. The lowest BCUT2D eigenvalue weighted by Gasteiger charge is -2.21. The molecule has 1 fully saturated rings. The first-order chi connectivity index (χ1) is 7.83. The molecular formula is C13H14N2O. The quantitative estimate of drug-likeness (QED) is 0.781. The highest BCUT2D eigenvalue weighted by molar-refractivity contribution is 5.59. The van der Waals surface area contributed by atoms with Crippen LogP contribution in [0, 0.1) is 0 Å². The van der Waals surface area contributed by atoms with Gasteiger partial charge >= 0.3 is 0 Å². The molecule has 1 aliphatic carbocycles. The molecular weight excluding hydrogens is 200 g/mol. The summed E-state index contributed by atoms with van der Waals surface area (Å²) in [4.78, 5) is 4.34. The Morgan fingerprint density at radius 1 is 1.19 bits per heavy atom.